The number of nitrogens with one attached hydrogen (secondary N) is 1. The molecule has 0 aliphatic carbocycles. The quantitative estimate of drug-likeness (QED) is 0.663. The lowest BCUT2D eigenvalue weighted by Gasteiger charge is -2.12. The number of nitrogens with zero attached hydrogens (tertiary/aromatic N) is 1. The van der Waals surface area contributed by atoms with E-state index < -0.39 is 6.03 Å². The second-order valence-electron chi connectivity index (χ2n) is 5.98. The number of hydrogen-bond acceptors (Lipinski definition) is 4. The van der Waals surface area contributed by atoms with Crippen molar-refractivity contribution in [2.75, 3.05) is 14.2 Å². The normalized spacial score (nSPS) is 15.3. The minimum atomic E-state index is -0.440. The highest BCUT2D eigenvalue weighted by Gasteiger charge is 2.33. The average Bonchev–Trinajstić information content (AvgIpc) is 2.89. The molecule has 0 aromatic heterocycles. The Bertz CT molecular complexity index is 889. The van der Waals surface area contributed by atoms with Gasteiger partial charge in [0.25, 0.3) is 5.91 Å². The fraction of sp³-hybridized carbons (Fsp3) is 0.200. The molecule has 3 rings (SSSR count). The van der Waals surface area contributed by atoms with E-state index in [2.05, 4.69) is 5.32 Å². The Labute approximate surface area is 152 Å². The minimum Gasteiger partial charge on any atom is -0.497 e. The molecule has 3 amide bonds. The highest BCUT2D eigenvalue weighted by molar-refractivity contribution is 6.14. The van der Waals surface area contributed by atoms with Gasteiger partial charge in [0.05, 0.1) is 20.8 Å². The van der Waals surface area contributed by atoms with Gasteiger partial charge in [0.15, 0.2) is 0 Å². The highest BCUT2D eigenvalue weighted by Crippen LogP contribution is 2.27. The standard InChI is InChI=1S/C20H20N2O4/c1-13-5-4-6-14(9-13)12-22-19(23)17(21-20(22)24)11-15-10-16(25-2)7-8-18(15)26-3/h4-11H,12H2,1-3H3,(H,21,24)/b17-11+. The summed E-state index contributed by atoms with van der Waals surface area (Å²) in [5.74, 6) is 0.838. The van der Waals surface area contributed by atoms with Crippen LogP contribution < -0.4 is 14.8 Å². The lowest BCUT2D eigenvalue weighted by molar-refractivity contribution is -0.123. The van der Waals surface area contributed by atoms with E-state index in [0.717, 1.165) is 11.1 Å². The Kier molecular flexibility index (Phi) is 4.93. The van der Waals surface area contributed by atoms with Gasteiger partial charge in [-0.25, -0.2) is 4.79 Å². The molecule has 1 saturated heterocycles. The molecule has 0 spiro atoms. The van der Waals surface area contributed by atoms with Crippen LogP contribution in [0.1, 0.15) is 16.7 Å². The summed E-state index contributed by atoms with van der Waals surface area (Å²) in [7, 11) is 3.10. The van der Waals surface area contributed by atoms with Gasteiger partial charge in [-0.3, -0.25) is 9.69 Å². The van der Waals surface area contributed by atoms with E-state index in [-0.39, 0.29) is 18.1 Å². The van der Waals surface area contributed by atoms with Gasteiger partial charge >= 0.3 is 6.03 Å². The van der Waals surface area contributed by atoms with E-state index in [4.69, 9.17) is 9.47 Å². The maximum Gasteiger partial charge on any atom is 0.329 e. The Morgan fingerprint density at radius 2 is 1.88 bits per heavy atom. The number of hydrogen-bond donors (Lipinski definition) is 1. The van der Waals surface area contributed by atoms with E-state index in [1.165, 1.54) is 4.90 Å². The van der Waals surface area contributed by atoms with Crippen molar-refractivity contribution in [3.05, 3.63) is 64.9 Å². The zero-order valence-electron chi connectivity index (χ0n) is 14.9. The first-order valence-corrected chi connectivity index (χ1v) is 8.14. The van der Waals surface area contributed by atoms with Crippen LogP contribution in [0.3, 0.4) is 0 Å². The molecule has 6 heteroatoms. The van der Waals surface area contributed by atoms with Gasteiger partial charge in [-0.15, -0.1) is 0 Å². The van der Waals surface area contributed by atoms with Gasteiger partial charge in [0, 0.05) is 5.56 Å². The van der Waals surface area contributed by atoms with Crippen LogP contribution in [0.2, 0.25) is 0 Å². The molecule has 2 aromatic rings. The van der Waals surface area contributed by atoms with E-state index >= 15 is 0 Å². The topological polar surface area (TPSA) is 67.9 Å². The maximum atomic E-state index is 12.7. The number of carbonyl (C=O) groups excluding carboxylic acids is 2. The predicted molar refractivity (Wildman–Crippen MR) is 97.8 cm³/mol. The van der Waals surface area contributed by atoms with Gasteiger partial charge in [-0.1, -0.05) is 29.8 Å². The Balaban J connectivity index is 1.88. The zero-order valence-corrected chi connectivity index (χ0v) is 14.9. The van der Waals surface area contributed by atoms with E-state index in [0.29, 0.717) is 17.1 Å². The summed E-state index contributed by atoms with van der Waals surface area (Å²) in [5.41, 5.74) is 2.82. The lowest BCUT2D eigenvalue weighted by atomic mass is 10.1. The van der Waals surface area contributed by atoms with E-state index in [1.807, 2.05) is 31.2 Å². The molecule has 1 heterocycles. The van der Waals surface area contributed by atoms with Crippen molar-refractivity contribution >= 4 is 18.0 Å². The lowest BCUT2D eigenvalue weighted by Crippen LogP contribution is -2.30. The van der Waals surface area contributed by atoms with Crippen LogP contribution >= 0.6 is 0 Å². The first-order valence-electron chi connectivity index (χ1n) is 8.14. The number of amides is 3. The summed E-state index contributed by atoms with van der Waals surface area (Å²) in [5, 5.41) is 2.63. The molecular weight excluding hydrogens is 332 g/mol. The van der Waals surface area contributed by atoms with Crippen LogP contribution in [0.25, 0.3) is 6.08 Å². The largest absolute Gasteiger partial charge is 0.497 e. The number of benzene rings is 2. The van der Waals surface area contributed by atoms with Crippen LogP contribution in [-0.2, 0) is 11.3 Å². The van der Waals surface area contributed by atoms with Gasteiger partial charge in [0.2, 0.25) is 0 Å². The maximum absolute atomic E-state index is 12.7. The van der Waals surface area contributed by atoms with Gasteiger partial charge in [0.1, 0.15) is 17.2 Å². The SMILES string of the molecule is COc1ccc(OC)c(/C=C2/NC(=O)N(Cc3cccc(C)c3)C2=O)c1. The fourth-order valence-corrected chi connectivity index (χ4v) is 2.82. The van der Waals surface area contributed by atoms with Crippen LogP contribution in [0.4, 0.5) is 4.79 Å². The molecular formula is C20H20N2O4. The average molecular weight is 352 g/mol. The van der Waals surface area contributed by atoms with Crippen molar-refractivity contribution in [2.24, 2.45) is 0 Å². The highest BCUT2D eigenvalue weighted by atomic mass is 16.5. The third kappa shape index (κ3) is 3.54. The van der Waals surface area contributed by atoms with Crippen molar-refractivity contribution in [2.45, 2.75) is 13.5 Å². The number of aryl methyl sites for hydroxylation is 1. The summed E-state index contributed by atoms with van der Waals surface area (Å²) >= 11 is 0. The first kappa shape index (κ1) is 17.5. The molecule has 0 atom stereocenters. The van der Waals surface area contributed by atoms with Crippen molar-refractivity contribution in [1.82, 2.24) is 10.2 Å². The second kappa shape index (κ2) is 7.31. The fourth-order valence-electron chi connectivity index (χ4n) is 2.82. The Morgan fingerprint density at radius 3 is 2.58 bits per heavy atom. The van der Waals surface area contributed by atoms with Crippen LogP contribution in [-0.4, -0.2) is 31.1 Å². The van der Waals surface area contributed by atoms with Gasteiger partial charge in [-0.2, -0.15) is 0 Å². The minimum absolute atomic E-state index is 0.203. The predicted octanol–water partition coefficient (Wildman–Crippen LogP) is 3.11. The van der Waals surface area contributed by atoms with E-state index in [1.54, 1.807) is 38.5 Å². The van der Waals surface area contributed by atoms with Crippen LogP contribution in [0.15, 0.2) is 48.2 Å². The number of imide groups is 1. The first-order chi connectivity index (χ1) is 12.5. The number of ether oxygens (including phenoxy) is 2. The van der Waals surface area contributed by atoms with Crippen LogP contribution in [0, 0.1) is 6.92 Å². The molecule has 6 nitrogen and oxygen atoms in total. The second-order valence-corrected chi connectivity index (χ2v) is 5.98. The molecule has 1 aliphatic heterocycles. The molecule has 26 heavy (non-hydrogen) atoms. The third-order valence-electron chi connectivity index (χ3n) is 4.12. The zero-order chi connectivity index (χ0) is 18.7. The van der Waals surface area contributed by atoms with Gasteiger partial charge < -0.3 is 14.8 Å². The van der Waals surface area contributed by atoms with Crippen molar-refractivity contribution < 1.29 is 19.1 Å². The molecule has 1 N–H and O–H groups in total. The molecule has 0 unspecified atom stereocenters. The monoisotopic (exact) mass is 352 g/mol. The number of methoxy groups -OCH3 is 2. The number of rotatable bonds is 5. The smallest absolute Gasteiger partial charge is 0.329 e. The van der Waals surface area contributed by atoms with Crippen molar-refractivity contribution in [1.29, 1.82) is 0 Å². The number of carbonyl (C=O) groups is 2. The van der Waals surface area contributed by atoms with Gasteiger partial charge in [-0.05, 0) is 36.8 Å². The molecule has 0 saturated carbocycles. The molecule has 1 aliphatic rings. The molecule has 1 fully saturated rings. The third-order valence-corrected chi connectivity index (χ3v) is 4.12. The summed E-state index contributed by atoms with van der Waals surface area (Å²) in [4.78, 5) is 26.1. The van der Waals surface area contributed by atoms with E-state index in [9.17, 15) is 9.59 Å². The van der Waals surface area contributed by atoms with Crippen LogP contribution in [0.5, 0.6) is 11.5 Å². The summed E-state index contributed by atoms with van der Waals surface area (Å²) in [6.45, 7) is 2.19. The summed E-state index contributed by atoms with van der Waals surface area (Å²) < 4.78 is 10.5. The van der Waals surface area contributed by atoms with Crippen molar-refractivity contribution in [3.8, 4) is 11.5 Å². The molecule has 2 aromatic carbocycles. The summed E-state index contributed by atoms with van der Waals surface area (Å²) in [6.07, 6.45) is 1.60. The molecule has 0 bridgehead atoms. The summed E-state index contributed by atoms with van der Waals surface area (Å²) in [6, 6.07) is 12.5. The molecule has 134 valence electrons. The molecule has 0 radical (unpaired) electrons. The Hall–Kier alpha value is -3.28. The van der Waals surface area contributed by atoms with Crippen molar-refractivity contribution in [3.63, 3.8) is 0 Å². The number of urea groups is 1. The Morgan fingerprint density at radius 1 is 1.08 bits per heavy atom.